The summed E-state index contributed by atoms with van der Waals surface area (Å²) in [4.78, 5) is 4.30. The lowest BCUT2D eigenvalue weighted by Crippen LogP contribution is -1.99. The van der Waals surface area contributed by atoms with Crippen molar-refractivity contribution in [2.75, 3.05) is 5.73 Å². The predicted octanol–water partition coefficient (Wildman–Crippen LogP) is 3.85. The minimum atomic E-state index is 0.561. The highest BCUT2D eigenvalue weighted by atomic mass is 35.5. The van der Waals surface area contributed by atoms with E-state index in [9.17, 15) is 0 Å². The lowest BCUT2D eigenvalue weighted by molar-refractivity contribution is 0.847. The molecule has 0 aliphatic rings. The van der Waals surface area contributed by atoms with E-state index in [-0.39, 0.29) is 0 Å². The van der Waals surface area contributed by atoms with Gasteiger partial charge in [-0.2, -0.15) is 5.10 Å². The molecule has 0 unspecified atom stereocenters. The Morgan fingerprint density at radius 1 is 1.30 bits per heavy atom. The number of aromatic nitrogens is 3. The van der Waals surface area contributed by atoms with Gasteiger partial charge in [-0.1, -0.05) is 17.7 Å². The van der Waals surface area contributed by atoms with Crippen molar-refractivity contribution in [2.45, 2.75) is 13.8 Å². The van der Waals surface area contributed by atoms with E-state index in [0.29, 0.717) is 5.13 Å². The van der Waals surface area contributed by atoms with E-state index in [2.05, 4.69) is 10.1 Å². The van der Waals surface area contributed by atoms with Gasteiger partial charge in [-0.15, -0.1) is 11.3 Å². The molecular weight excluding hydrogens is 292 g/mol. The van der Waals surface area contributed by atoms with Crippen LogP contribution in [-0.2, 0) is 0 Å². The quantitative estimate of drug-likeness (QED) is 0.782. The van der Waals surface area contributed by atoms with Crippen molar-refractivity contribution >= 4 is 28.1 Å². The van der Waals surface area contributed by atoms with Crippen LogP contribution in [0, 0.1) is 13.8 Å². The zero-order chi connectivity index (χ0) is 14.3. The molecule has 0 spiro atoms. The Kier molecular flexibility index (Phi) is 3.23. The standard InChI is InChI=1S/C14H13ClN4S/c1-8-3-4-10(5-12(8)15)19-9(2)11(6-17-19)13-7-20-14(16)18-13/h3-7H,1-2H3,(H2,16,18). The average Bonchev–Trinajstić information content (AvgIpc) is 2.99. The van der Waals surface area contributed by atoms with Gasteiger partial charge in [0.1, 0.15) is 0 Å². The molecule has 0 bridgehead atoms. The van der Waals surface area contributed by atoms with E-state index in [1.54, 1.807) is 6.20 Å². The van der Waals surface area contributed by atoms with Crippen molar-refractivity contribution in [3.8, 4) is 16.9 Å². The minimum absolute atomic E-state index is 0.561. The number of rotatable bonds is 2. The van der Waals surface area contributed by atoms with E-state index >= 15 is 0 Å². The summed E-state index contributed by atoms with van der Waals surface area (Å²) < 4.78 is 1.86. The second-order valence-electron chi connectivity index (χ2n) is 4.56. The Bertz CT molecular complexity index is 775. The fourth-order valence-corrected chi connectivity index (χ4v) is 2.78. The van der Waals surface area contributed by atoms with E-state index in [1.807, 2.05) is 42.1 Å². The van der Waals surface area contributed by atoms with Crippen LogP contribution in [-0.4, -0.2) is 14.8 Å². The first-order chi connectivity index (χ1) is 9.56. The molecule has 0 aliphatic heterocycles. The molecule has 0 fully saturated rings. The van der Waals surface area contributed by atoms with Gasteiger partial charge in [0.2, 0.25) is 0 Å². The number of nitrogens with two attached hydrogens (primary N) is 1. The predicted molar refractivity (Wildman–Crippen MR) is 83.6 cm³/mol. The van der Waals surface area contributed by atoms with Gasteiger partial charge in [-0.05, 0) is 31.5 Å². The maximum atomic E-state index is 6.17. The summed E-state index contributed by atoms with van der Waals surface area (Å²) in [6, 6.07) is 5.90. The number of nitrogen functional groups attached to an aromatic ring is 1. The van der Waals surface area contributed by atoms with Gasteiger partial charge in [0, 0.05) is 16.0 Å². The number of anilines is 1. The molecule has 1 aromatic carbocycles. The summed E-state index contributed by atoms with van der Waals surface area (Å²) in [7, 11) is 0. The van der Waals surface area contributed by atoms with E-state index in [4.69, 9.17) is 17.3 Å². The fourth-order valence-electron chi connectivity index (χ4n) is 2.05. The molecule has 6 heteroatoms. The largest absolute Gasteiger partial charge is 0.375 e. The number of nitrogens with zero attached hydrogens (tertiary/aromatic N) is 3. The van der Waals surface area contributed by atoms with Crippen molar-refractivity contribution in [1.29, 1.82) is 0 Å². The van der Waals surface area contributed by atoms with Crippen molar-refractivity contribution in [3.05, 3.63) is 46.1 Å². The third-order valence-corrected chi connectivity index (χ3v) is 4.29. The maximum absolute atomic E-state index is 6.17. The Hall–Kier alpha value is -1.85. The molecule has 102 valence electrons. The summed E-state index contributed by atoms with van der Waals surface area (Å²) in [6.07, 6.45) is 1.80. The molecule has 3 rings (SSSR count). The lowest BCUT2D eigenvalue weighted by Gasteiger charge is -2.07. The molecular formula is C14H13ClN4S. The van der Waals surface area contributed by atoms with Crippen molar-refractivity contribution in [3.63, 3.8) is 0 Å². The smallest absolute Gasteiger partial charge is 0.180 e. The minimum Gasteiger partial charge on any atom is -0.375 e. The third-order valence-electron chi connectivity index (χ3n) is 3.21. The van der Waals surface area contributed by atoms with Crippen LogP contribution in [0.25, 0.3) is 16.9 Å². The summed E-state index contributed by atoms with van der Waals surface area (Å²) >= 11 is 7.60. The first-order valence-electron chi connectivity index (χ1n) is 6.09. The SMILES string of the molecule is Cc1ccc(-n2ncc(-c3csc(N)n3)c2C)cc1Cl. The van der Waals surface area contributed by atoms with Gasteiger partial charge in [-0.3, -0.25) is 0 Å². The third kappa shape index (κ3) is 2.19. The summed E-state index contributed by atoms with van der Waals surface area (Å²) in [5.41, 5.74) is 10.5. The lowest BCUT2D eigenvalue weighted by atomic mass is 10.2. The topological polar surface area (TPSA) is 56.7 Å². The average molecular weight is 305 g/mol. The highest BCUT2D eigenvalue weighted by molar-refractivity contribution is 7.13. The summed E-state index contributed by atoms with van der Waals surface area (Å²) in [6.45, 7) is 3.98. The molecule has 4 nitrogen and oxygen atoms in total. The Morgan fingerprint density at radius 2 is 2.10 bits per heavy atom. The molecule has 2 N–H and O–H groups in total. The highest BCUT2D eigenvalue weighted by Crippen LogP contribution is 2.28. The Balaban J connectivity index is 2.08. The second-order valence-corrected chi connectivity index (χ2v) is 5.86. The molecule has 0 saturated heterocycles. The normalized spacial score (nSPS) is 10.9. The van der Waals surface area contributed by atoms with E-state index < -0.39 is 0 Å². The number of aryl methyl sites for hydroxylation is 1. The molecule has 2 aromatic heterocycles. The van der Waals surface area contributed by atoms with E-state index in [0.717, 1.165) is 33.2 Å². The Morgan fingerprint density at radius 3 is 2.75 bits per heavy atom. The molecule has 0 aliphatic carbocycles. The van der Waals surface area contributed by atoms with Crippen LogP contribution < -0.4 is 5.73 Å². The van der Waals surface area contributed by atoms with Gasteiger partial charge in [-0.25, -0.2) is 9.67 Å². The zero-order valence-corrected chi connectivity index (χ0v) is 12.7. The number of hydrogen-bond acceptors (Lipinski definition) is 4. The van der Waals surface area contributed by atoms with Gasteiger partial charge in [0.05, 0.1) is 23.3 Å². The van der Waals surface area contributed by atoms with Crippen LogP contribution in [0.1, 0.15) is 11.3 Å². The van der Waals surface area contributed by atoms with Crippen LogP contribution in [0.4, 0.5) is 5.13 Å². The van der Waals surface area contributed by atoms with E-state index in [1.165, 1.54) is 11.3 Å². The molecule has 0 amide bonds. The fraction of sp³-hybridized carbons (Fsp3) is 0.143. The monoisotopic (exact) mass is 304 g/mol. The van der Waals surface area contributed by atoms with Crippen molar-refractivity contribution in [2.24, 2.45) is 0 Å². The Labute approximate surface area is 125 Å². The number of benzene rings is 1. The van der Waals surface area contributed by atoms with Crippen LogP contribution in [0.5, 0.6) is 0 Å². The molecule has 2 heterocycles. The first kappa shape index (κ1) is 13.1. The maximum Gasteiger partial charge on any atom is 0.180 e. The van der Waals surface area contributed by atoms with Crippen molar-refractivity contribution < 1.29 is 0 Å². The number of hydrogen-bond donors (Lipinski definition) is 1. The molecule has 0 radical (unpaired) electrons. The van der Waals surface area contributed by atoms with Gasteiger partial charge in [0.15, 0.2) is 5.13 Å². The van der Waals surface area contributed by atoms with Crippen LogP contribution in [0.15, 0.2) is 29.8 Å². The summed E-state index contributed by atoms with van der Waals surface area (Å²) in [5.74, 6) is 0. The van der Waals surface area contributed by atoms with Gasteiger partial charge < -0.3 is 5.73 Å². The number of halogens is 1. The van der Waals surface area contributed by atoms with Crippen LogP contribution in [0.2, 0.25) is 5.02 Å². The van der Waals surface area contributed by atoms with Crippen LogP contribution >= 0.6 is 22.9 Å². The number of thiazole rings is 1. The summed E-state index contributed by atoms with van der Waals surface area (Å²) in [5, 5.41) is 7.65. The van der Waals surface area contributed by atoms with Gasteiger partial charge >= 0.3 is 0 Å². The van der Waals surface area contributed by atoms with Gasteiger partial charge in [0.25, 0.3) is 0 Å². The second kappa shape index (κ2) is 4.92. The molecule has 0 saturated carbocycles. The molecule has 0 atom stereocenters. The van der Waals surface area contributed by atoms with Crippen molar-refractivity contribution in [1.82, 2.24) is 14.8 Å². The van der Waals surface area contributed by atoms with Crippen LogP contribution in [0.3, 0.4) is 0 Å². The molecule has 3 aromatic rings. The zero-order valence-electron chi connectivity index (χ0n) is 11.1. The highest BCUT2D eigenvalue weighted by Gasteiger charge is 2.13. The first-order valence-corrected chi connectivity index (χ1v) is 7.34. The molecule has 20 heavy (non-hydrogen) atoms.